The molecule has 1 fully saturated rings. The minimum atomic E-state index is -0.0194. The summed E-state index contributed by atoms with van der Waals surface area (Å²) in [5.41, 5.74) is 2.54. The first-order valence-corrected chi connectivity index (χ1v) is 7.51. The van der Waals surface area contributed by atoms with Crippen molar-refractivity contribution in [3.63, 3.8) is 0 Å². The maximum Gasteiger partial charge on any atom is 0.229 e. The molecular formula is C16H18ClN3O. The Balaban J connectivity index is 1.99. The third-order valence-corrected chi connectivity index (χ3v) is 4.43. The molecule has 2 unspecified atom stereocenters. The number of carbonyl (C=O) groups is 1. The lowest BCUT2D eigenvalue weighted by Crippen LogP contribution is -2.28. The number of amides is 1. The number of nitrogens with one attached hydrogen (secondary N) is 2. The average molecular weight is 304 g/mol. The summed E-state index contributed by atoms with van der Waals surface area (Å²) in [4.78, 5) is 16.9. The quantitative estimate of drug-likeness (QED) is 0.897. The molecule has 2 heterocycles. The molecule has 0 bridgehead atoms. The Morgan fingerprint density at radius 1 is 1.48 bits per heavy atom. The van der Waals surface area contributed by atoms with E-state index >= 15 is 0 Å². The second-order valence-electron chi connectivity index (χ2n) is 5.68. The van der Waals surface area contributed by atoms with E-state index in [0.717, 1.165) is 23.0 Å². The predicted molar refractivity (Wildman–Crippen MR) is 85.6 cm³/mol. The van der Waals surface area contributed by atoms with Gasteiger partial charge in [0.25, 0.3) is 0 Å². The molecule has 2 aromatic rings. The second kappa shape index (κ2) is 5.62. The smallest absolute Gasteiger partial charge is 0.229 e. The van der Waals surface area contributed by atoms with Crippen molar-refractivity contribution in [2.24, 2.45) is 11.8 Å². The normalized spacial score (nSPS) is 21.7. The maximum absolute atomic E-state index is 12.5. The van der Waals surface area contributed by atoms with Crippen LogP contribution >= 0.6 is 11.6 Å². The Hall–Kier alpha value is -1.65. The predicted octanol–water partition coefficient (Wildman–Crippen LogP) is 2.99. The number of pyridine rings is 1. The van der Waals surface area contributed by atoms with Crippen molar-refractivity contribution in [2.75, 3.05) is 18.4 Å². The molecule has 0 spiro atoms. The molecule has 3 rings (SSSR count). The number of fused-ring (bicyclic) bond motifs is 1. The zero-order valence-electron chi connectivity index (χ0n) is 12.1. The van der Waals surface area contributed by atoms with Crippen molar-refractivity contribution >= 4 is 34.1 Å². The number of aryl methyl sites for hydroxylation is 1. The van der Waals surface area contributed by atoms with E-state index in [0.29, 0.717) is 23.2 Å². The molecule has 1 aromatic heterocycles. The minimum Gasteiger partial charge on any atom is -0.324 e. The number of hydrogen-bond acceptors (Lipinski definition) is 3. The molecule has 0 radical (unpaired) electrons. The van der Waals surface area contributed by atoms with E-state index in [1.165, 1.54) is 0 Å². The van der Waals surface area contributed by atoms with E-state index in [1.54, 1.807) is 6.20 Å². The molecule has 1 saturated heterocycles. The average Bonchev–Trinajstić information content (AvgIpc) is 2.89. The maximum atomic E-state index is 12.5. The summed E-state index contributed by atoms with van der Waals surface area (Å²) < 4.78 is 0. The molecule has 0 saturated carbocycles. The van der Waals surface area contributed by atoms with Gasteiger partial charge in [0.05, 0.1) is 22.1 Å². The highest BCUT2D eigenvalue weighted by Gasteiger charge is 2.30. The molecule has 1 aromatic carbocycles. The van der Waals surface area contributed by atoms with Gasteiger partial charge in [0, 0.05) is 18.1 Å². The highest BCUT2D eigenvalue weighted by atomic mass is 35.5. The zero-order valence-corrected chi connectivity index (χ0v) is 12.9. The summed E-state index contributed by atoms with van der Waals surface area (Å²) in [7, 11) is 0. The van der Waals surface area contributed by atoms with Gasteiger partial charge in [-0.3, -0.25) is 9.78 Å². The Kier molecular flexibility index (Phi) is 3.83. The first-order valence-electron chi connectivity index (χ1n) is 7.13. The van der Waals surface area contributed by atoms with Crippen LogP contribution in [0.1, 0.15) is 12.5 Å². The van der Waals surface area contributed by atoms with Crippen LogP contribution < -0.4 is 10.6 Å². The first-order chi connectivity index (χ1) is 10.1. The number of hydrogen-bond donors (Lipinski definition) is 2. The lowest BCUT2D eigenvalue weighted by Gasteiger charge is -2.17. The van der Waals surface area contributed by atoms with Crippen LogP contribution in [0.5, 0.6) is 0 Å². The summed E-state index contributed by atoms with van der Waals surface area (Å²) in [6.07, 6.45) is 1.75. The molecule has 110 valence electrons. The highest BCUT2D eigenvalue weighted by Crippen LogP contribution is 2.33. The van der Waals surface area contributed by atoms with Gasteiger partial charge in [-0.15, -0.1) is 0 Å². The van der Waals surface area contributed by atoms with Gasteiger partial charge in [-0.25, -0.2) is 0 Å². The molecule has 5 heteroatoms. The topological polar surface area (TPSA) is 54.0 Å². The van der Waals surface area contributed by atoms with Crippen LogP contribution in [0, 0.1) is 18.8 Å². The Morgan fingerprint density at radius 3 is 3.00 bits per heavy atom. The van der Waals surface area contributed by atoms with Gasteiger partial charge in [-0.1, -0.05) is 18.5 Å². The number of halogens is 1. The van der Waals surface area contributed by atoms with Gasteiger partial charge in [-0.2, -0.15) is 0 Å². The van der Waals surface area contributed by atoms with Crippen LogP contribution in [0.4, 0.5) is 5.69 Å². The second-order valence-corrected chi connectivity index (χ2v) is 6.09. The monoisotopic (exact) mass is 303 g/mol. The van der Waals surface area contributed by atoms with Crippen LogP contribution in [0.15, 0.2) is 24.4 Å². The highest BCUT2D eigenvalue weighted by molar-refractivity contribution is 6.35. The molecule has 1 amide bonds. The molecule has 21 heavy (non-hydrogen) atoms. The van der Waals surface area contributed by atoms with Crippen molar-refractivity contribution < 1.29 is 4.79 Å². The summed E-state index contributed by atoms with van der Waals surface area (Å²) >= 11 is 6.34. The van der Waals surface area contributed by atoms with Crippen LogP contribution in [0.3, 0.4) is 0 Å². The fourth-order valence-corrected chi connectivity index (χ4v) is 3.20. The molecular weight excluding hydrogens is 286 g/mol. The molecule has 0 aliphatic carbocycles. The molecule has 1 aliphatic heterocycles. The number of carbonyl (C=O) groups excluding carboxylic acids is 1. The van der Waals surface area contributed by atoms with Gasteiger partial charge < -0.3 is 10.6 Å². The number of benzene rings is 1. The van der Waals surface area contributed by atoms with Crippen LogP contribution in [0.2, 0.25) is 5.02 Å². The zero-order chi connectivity index (χ0) is 15.0. The lowest BCUT2D eigenvalue weighted by molar-refractivity contribution is -0.120. The van der Waals surface area contributed by atoms with Crippen molar-refractivity contribution in [2.45, 2.75) is 13.8 Å². The Labute approximate surface area is 128 Å². The SMILES string of the molecule is Cc1cc(Cl)c(NC(=O)C2CNCC2C)c2cccnc12. The van der Waals surface area contributed by atoms with Gasteiger partial charge in [0.2, 0.25) is 5.91 Å². The van der Waals surface area contributed by atoms with E-state index in [-0.39, 0.29) is 11.8 Å². The van der Waals surface area contributed by atoms with Crippen molar-refractivity contribution in [1.29, 1.82) is 0 Å². The minimum absolute atomic E-state index is 0.0170. The number of anilines is 1. The number of aromatic nitrogens is 1. The summed E-state index contributed by atoms with van der Waals surface area (Å²) in [5.74, 6) is 0.330. The van der Waals surface area contributed by atoms with Crippen LogP contribution in [-0.4, -0.2) is 24.0 Å². The van der Waals surface area contributed by atoms with Gasteiger partial charge in [0.15, 0.2) is 0 Å². The number of rotatable bonds is 2. The van der Waals surface area contributed by atoms with Gasteiger partial charge in [0.1, 0.15) is 0 Å². The van der Waals surface area contributed by atoms with E-state index in [4.69, 9.17) is 11.6 Å². The van der Waals surface area contributed by atoms with Crippen LogP contribution in [-0.2, 0) is 4.79 Å². The first kappa shape index (κ1) is 14.3. The third kappa shape index (κ3) is 2.61. The fourth-order valence-electron chi connectivity index (χ4n) is 2.88. The van der Waals surface area contributed by atoms with Crippen LogP contribution in [0.25, 0.3) is 10.9 Å². The summed E-state index contributed by atoms with van der Waals surface area (Å²) in [6.45, 7) is 5.64. The molecule has 2 N–H and O–H groups in total. The van der Waals surface area contributed by atoms with E-state index < -0.39 is 0 Å². The fraction of sp³-hybridized carbons (Fsp3) is 0.375. The summed E-state index contributed by atoms with van der Waals surface area (Å²) in [5, 5.41) is 7.68. The van der Waals surface area contributed by atoms with Gasteiger partial charge >= 0.3 is 0 Å². The largest absolute Gasteiger partial charge is 0.324 e. The van der Waals surface area contributed by atoms with E-state index in [1.807, 2.05) is 25.1 Å². The van der Waals surface area contributed by atoms with Crippen molar-refractivity contribution in [3.05, 3.63) is 35.0 Å². The van der Waals surface area contributed by atoms with Gasteiger partial charge in [-0.05, 0) is 43.1 Å². The molecule has 1 aliphatic rings. The number of nitrogens with zero attached hydrogens (tertiary/aromatic N) is 1. The van der Waals surface area contributed by atoms with E-state index in [9.17, 15) is 4.79 Å². The van der Waals surface area contributed by atoms with Crippen molar-refractivity contribution in [1.82, 2.24) is 10.3 Å². The standard InChI is InChI=1S/C16H18ClN3O/c1-9-6-13(17)15(11-4-3-5-19-14(9)11)20-16(21)12-8-18-7-10(12)2/h3-6,10,12,18H,7-8H2,1-2H3,(H,20,21). The molecule has 4 nitrogen and oxygen atoms in total. The summed E-state index contributed by atoms with van der Waals surface area (Å²) in [6, 6.07) is 5.64. The lowest BCUT2D eigenvalue weighted by atomic mass is 9.97. The Bertz CT molecular complexity index is 701. The third-order valence-electron chi connectivity index (χ3n) is 4.14. The van der Waals surface area contributed by atoms with Crippen molar-refractivity contribution in [3.8, 4) is 0 Å². The molecule has 2 atom stereocenters. The van der Waals surface area contributed by atoms with E-state index in [2.05, 4.69) is 22.5 Å². The Morgan fingerprint density at radius 2 is 2.29 bits per heavy atom.